The van der Waals surface area contributed by atoms with Crippen molar-refractivity contribution in [2.45, 2.75) is 25.9 Å². The predicted octanol–water partition coefficient (Wildman–Crippen LogP) is 2.84. The molecule has 3 rings (SSSR count). The minimum absolute atomic E-state index is 0.0964. The van der Waals surface area contributed by atoms with Gasteiger partial charge >= 0.3 is 0 Å². The molecule has 5 nitrogen and oxygen atoms in total. The molecule has 1 heterocycles. The Labute approximate surface area is 154 Å². The summed E-state index contributed by atoms with van der Waals surface area (Å²) in [6, 6.07) is 14.7. The van der Waals surface area contributed by atoms with Gasteiger partial charge in [0.25, 0.3) is 5.91 Å². The van der Waals surface area contributed by atoms with Gasteiger partial charge < -0.3 is 15.0 Å². The number of hydrogen-bond acceptors (Lipinski definition) is 3. The van der Waals surface area contributed by atoms with Crippen molar-refractivity contribution in [2.75, 3.05) is 20.3 Å². The van der Waals surface area contributed by atoms with E-state index in [-0.39, 0.29) is 11.8 Å². The maximum absolute atomic E-state index is 12.9. The van der Waals surface area contributed by atoms with Crippen LogP contribution >= 0.6 is 0 Å². The minimum atomic E-state index is -0.596. The van der Waals surface area contributed by atoms with E-state index >= 15 is 0 Å². The highest BCUT2D eigenvalue weighted by molar-refractivity contribution is 6.04. The number of fused-ring (bicyclic) bond motifs is 1. The van der Waals surface area contributed by atoms with Gasteiger partial charge in [0.15, 0.2) is 0 Å². The summed E-state index contributed by atoms with van der Waals surface area (Å²) in [5, 5.41) is 2.94. The van der Waals surface area contributed by atoms with E-state index in [4.69, 9.17) is 4.74 Å². The Hall–Kier alpha value is -2.66. The molecular weight excluding hydrogens is 328 g/mol. The lowest BCUT2D eigenvalue weighted by Gasteiger charge is -2.25. The largest absolute Gasteiger partial charge is 0.385 e. The molecule has 1 atom stereocenters. The van der Waals surface area contributed by atoms with E-state index in [9.17, 15) is 9.59 Å². The number of nitrogens with one attached hydrogen (secondary N) is 1. The summed E-state index contributed by atoms with van der Waals surface area (Å²) in [6.45, 7) is 3.55. The number of carbonyl (C=O) groups is 2. The molecule has 1 aliphatic heterocycles. The van der Waals surface area contributed by atoms with Gasteiger partial charge in [-0.05, 0) is 36.1 Å². The first kappa shape index (κ1) is 18.1. The summed E-state index contributed by atoms with van der Waals surface area (Å²) in [5.74, 6) is -0.242. The van der Waals surface area contributed by atoms with Gasteiger partial charge in [0.1, 0.15) is 6.04 Å². The van der Waals surface area contributed by atoms with Crippen LogP contribution < -0.4 is 5.32 Å². The minimum Gasteiger partial charge on any atom is -0.385 e. The molecular formula is C21H24N2O3. The monoisotopic (exact) mass is 352 g/mol. The van der Waals surface area contributed by atoms with Gasteiger partial charge in [-0.25, -0.2) is 0 Å². The molecule has 0 aliphatic carbocycles. The smallest absolute Gasteiger partial charge is 0.255 e. The molecule has 26 heavy (non-hydrogen) atoms. The first-order chi connectivity index (χ1) is 12.6. The Morgan fingerprint density at radius 1 is 1.15 bits per heavy atom. The van der Waals surface area contributed by atoms with Gasteiger partial charge in [-0.15, -0.1) is 0 Å². The molecule has 136 valence electrons. The molecule has 1 aliphatic rings. The SMILES string of the molecule is COCCCNC(=O)[C@@H]1c2ccccc2C(=O)N1Cc1ccccc1C. The molecule has 2 amide bonds. The molecule has 5 heteroatoms. The number of aryl methyl sites for hydroxylation is 1. The summed E-state index contributed by atoms with van der Waals surface area (Å²) in [4.78, 5) is 27.5. The molecule has 0 aromatic heterocycles. The second kappa shape index (κ2) is 8.15. The van der Waals surface area contributed by atoms with Crippen LogP contribution in [0.2, 0.25) is 0 Å². The zero-order chi connectivity index (χ0) is 18.5. The lowest BCUT2D eigenvalue weighted by molar-refractivity contribution is -0.125. The van der Waals surface area contributed by atoms with Crippen molar-refractivity contribution in [1.82, 2.24) is 10.2 Å². The van der Waals surface area contributed by atoms with Crippen LogP contribution in [0, 0.1) is 6.92 Å². The van der Waals surface area contributed by atoms with E-state index in [1.165, 1.54) is 0 Å². The lowest BCUT2D eigenvalue weighted by atomic mass is 10.0. The first-order valence-corrected chi connectivity index (χ1v) is 8.84. The number of hydrogen-bond donors (Lipinski definition) is 1. The molecule has 0 fully saturated rings. The number of ether oxygens (including phenoxy) is 1. The fraction of sp³-hybridized carbons (Fsp3) is 0.333. The van der Waals surface area contributed by atoms with Crippen molar-refractivity contribution in [3.8, 4) is 0 Å². The summed E-state index contributed by atoms with van der Waals surface area (Å²) < 4.78 is 5.02. The van der Waals surface area contributed by atoms with E-state index in [0.29, 0.717) is 25.3 Å². The molecule has 2 aromatic rings. The highest BCUT2D eigenvalue weighted by Crippen LogP contribution is 2.35. The molecule has 0 saturated heterocycles. The topological polar surface area (TPSA) is 58.6 Å². The number of nitrogens with zero attached hydrogens (tertiary/aromatic N) is 1. The van der Waals surface area contributed by atoms with Gasteiger partial charge in [-0.3, -0.25) is 9.59 Å². The number of rotatable bonds is 7. The van der Waals surface area contributed by atoms with E-state index in [0.717, 1.165) is 23.1 Å². The molecule has 1 N–H and O–H groups in total. The summed E-state index contributed by atoms with van der Waals surface area (Å²) in [7, 11) is 1.64. The standard InChI is InChI=1S/C21H24N2O3/c1-15-8-3-4-9-16(15)14-23-19(20(24)22-12-7-13-26-2)17-10-5-6-11-18(17)21(23)25/h3-6,8-11,19H,7,12-14H2,1-2H3,(H,22,24)/t19-/m0/s1. The first-order valence-electron chi connectivity index (χ1n) is 8.84. The average molecular weight is 352 g/mol. The summed E-state index contributed by atoms with van der Waals surface area (Å²) in [5.41, 5.74) is 3.54. The second-order valence-electron chi connectivity index (χ2n) is 6.49. The Morgan fingerprint density at radius 2 is 1.88 bits per heavy atom. The van der Waals surface area contributed by atoms with Crippen LogP contribution in [0.4, 0.5) is 0 Å². The normalized spacial score (nSPS) is 15.8. The molecule has 0 radical (unpaired) electrons. The van der Waals surface area contributed by atoms with Crippen LogP contribution in [0.25, 0.3) is 0 Å². The Balaban J connectivity index is 1.85. The zero-order valence-corrected chi connectivity index (χ0v) is 15.2. The number of amides is 2. The van der Waals surface area contributed by atoms with E-state index in [2.05, 4.69) is 5.32 Å². The van der Waals surface area contributed by atoms with Crippen LogP contribution in [0.5, 0.6) is 0 Å². The van der Waals surface area contributed by atoms with E-state index in [1.807, 2.05) is 49.4 Å². The third kappa shape index (κ3) is 3.63. The van der Waals surface area contributed by atoms with E-state index in [1.54, 1.807) is 18.1 Å². The fourth-order valence-corrected chi connectivity index (χ4v) is 3.31. The third-order valence-corrected chi connectivity index (χ3v) is 4.73. The number of benzene rings is 2. The number of carbonyl (C=O) groups excluding carboxylic acids is 2. The van der Waals surface area contributed by atoms with Crippen molar-refractivity contribution in [3.63, 3.8) is 0 Å². The molecule has 0 bridgehead atoms. The Morgan fingerprint density at radius 3 is 2.65 bits per heavy atom. The molecule has 0 saturated carbocycles. The quantitative estimate of drug-likeness (QED) is 0.780. The van der Waals surface area contributed by atoms with Gasteiger partial charge in [0, 0.05) is 32.4 Å². The third-order valence-electron chi connectivity index (χ3n) is 4.73. The van der Waals surface area contributed by atoms with E-state index < -0.39 is 6.04 Å². The fourth-order valence-electron chi connectivity index (χ4n) is 3.31. The summed E-state index contributed by atoms with van der Waals surface area (Å²) >= 11 is 0. The van der Waals surface area contributed by atoms with Crippen molar-refractivity contribution in [1.29, 1.82) is 0 Å². The molecule has 0 spiro atoms. The maximum Gasteiger partial charge on any atom is 0.255 e. The average Bonchev–Trinajstić information content (AvgIpc) is 2.93. The predicted molar refractivity (Wildman–Crippen MR) is 99.7 cm³/mol. The van der Waals surface area contributed by atoms with Gasteiger partial charge in [-0.1, -0.05) is 42.5 Å². The zero-order valence-electron chi connectivity index (χ0n) is 15.2. The van der Waals surface area contributed by atoms with Gasteiger partial charge in [-0.2, -0.15) is 0 Å². The van der Waals surface area contributed by atoms with Gasteiger partial charge in [0.2, 0.25) is 5.91 Å². The van der Waals surface area contributed by atoms with Crippen molar-refractivity contribution in [3.05, 3.63) is 70.8 Å². The number of methoxy groups -OCH3 is 1. The lowest BCUT2D eigenvalue weighted by Crippen LogP contribution is -2.39. The van der Waals surface area contributed by atoms with Crippen LogP contribution in [-0.2, 0) is 16.1 Å². The van der Waals surface area contributed by atoms with Crippen LogP contribution in [0.1, 0.15) is 39.5 Å². The van der Waals surface area contributed by atoms with Crippen LogP contribution in [-0.4, -0.2) is 37.0 Å². The van der Waals surface area contributed by atoms with Crippen molar-refractivity contribution < 1.29 is 14.3 Å². The van der Waals surface area contributed by atoms with Crippen molar-refractivity contribution in [2.24, 2.45) is 0 Å². The molecule has 2 aromatic carbocycles. The van der Waals surface area contributed by atoms with Crippen LogP contribution in [0.3, 0.4) is 0 Å². The Bertz CT molecular complexity index is 803. The summed E-state index contributed by atoms with van der Waals surface area (Å²) in [6.07, 6.45) is 0.738. The highest BCUT2D eigenvalue weighted by atomic mass is 16.5. The Kier molecular flexibility index (Phi) is 5.68. The van der Waals surface area contributed by atoms with Crippen molar-refractivity contribution >= 4 is 11.8 Å². The highest BCUT2D eigenvalue weighted by Gasteiger charge is 2.40. The second-order valence-corrected chi connectivity index (χ2v) is 6.49. The maximum atomic E-state index is 12.9. The van der Waals surface area contributed by atoms with Gasteiger partial charge in [0.05, 0.1) is 0 Å². The van der Waals surface area contributed by atoms with Crippen LogP contribution in [0.15, 0.2) is 48.5 Å². The molecule has 0 unspecified atom stereocenters.